The number of aryl methyl sites for hydroxylation is 1. The molecule has 0 saturated carbocycles. The molecule has 0 aromatic carbocycles. The van der Waals surface area contributed by atoms with Crippen LogP contribution in [0.25, 0.3) is 0 Å². The molecule has 7 nitrogen and oxygen atoms in total. The quantitative estimate of drug-likeness (QED) is 0.419. The Morgan fingerprint density at radius 2 is 2.12 bits per heavy atom. The molecule has 136 valence electrons. The molecule has 0 spiro atoms. The number of hydrogen-bond donors (Lipinski definition) is 1. The predicted molar refractivity (Wildman–Crippen MR) is 107 cm³/mol. The van der Waals surface area contributed by atoms with Crippen LogP contribution < -0.4 is 5.32 Å². The second-order valence-electron chi connectivity index (χ2n) is 6.58. The fourth-order valence-corrected chi connectivity index (χ4v) is 3.54. The minimum Gasteiger partial charge on any atom is -0.357 e. The molecule has 1 aromatic rings. The Balaban J connectivity index is 0.00000208. The Hall–Kier alpha value is -0.900. The zero-order valence-electron chi connectivity index (χ0n) is 14.8. The van der Waals surface area contributed by atoms with Gasteiger partial charge in [-0.1, -0.05) is 0 Å². The number of halogens is 1. The minimum atomic E-state index is 0. The number of rotatable bonds is 5. The van der Waals surface area contributed by atoms with Crippen molar-refractivity contribution in [1.82, 2.24) is 29.9 Å². The van der Waals surface area contributed by atoms with Crippen LogP contribution in [0.5, 0.6) is 0 Å². The first-order valence-electron chi connectivity index (χ1n) is 8.84. The van der Waals surface area contributed by atoms with Crippen LogP contribution in [-0.2, 0) is 13.6 Å². The third-order valence-electron chi connectivity index (χ3n) is 4.81. The lowest BCUT2D eigenvalue weighted by Gasteiger charge is -2.23. The van der Waals surface area contributed by atoms with Gasteiger partial charge in [-0.2, -0.15) is 5.10 Å². The molecule has 0 radical (unpaired) electrons. The van der Waals surface area contributed by atoms with Gasteiger partial charge in [-0.3, -0.25) is 4.68 Å². The third kappa shape index (κ3) is 5.05. The number of nitrogens with zero attached hydrogens (tertiary/aromatic N) is 6. The summed E-state index contributed by atoms with van der Waals surface area (Å²) in [4.78, 5) is 14.0. The molecule has 2 saturated heterocycles. The average molecular weight is 447 g/mol. The third-order valence-corrected chi connectivity index (χ3v) is 4.81. The molecule has 1 atom stereocenters. The Morgan fingerprint density at radius 3 is 2.79 bits per heavy atom. The van der Waals surface area contributed by atoms with Crippen LogP contribution in [0.15, 0.2) is 11.3 Å². The molecule has 1 aromatic heterocycles. The van der Waals surface area contributed by atoms with Gasteiger partial charge in [0.25, 0.3) is 0 Å². The highest BCUT2D eigenvalue weighted by atomic mass is 127. The van der Waals surface area contributed by atoms with Gasteiger partial charge in [0.15, 0.2) is 5.96 Å². The van der Waals surface area contributed by atoms with Gasteiger partial charge in [-0.05, 0) is 45.2 Å². The maximum atomic E-state index is 4.76. The van der Waals surface area contributed by atoms with Crippen LogP contribution in [0.4, 0.5) is 0 Å². The summed E-state index contributed by atoms with van der Waals surface area (Å²) < 4.78 is 1.78. The molecule has 1 unspecified atom stereocenters. The number of nitrogens with one attached hydrogen (secondary N) is 1. The van der Waals surface area contributed by atoms with Crippen molar-refractivity contribution in [2.75, 3.05) is 39.3 Å². The van der Waals surface area contributed by atoms with Gasteiger partial charge in [-0.15, -0.1) is 24.0 Å². The van der Waals surface area contributed by atoms with E-state index in [-0.39, 0.29) is 24.0 Å². The van der Waals surface area contributed by atoms with E-state index in [4.69, 9.17) is 4.99 Å². The molecule has 0 amide bonds. The van der Waals surface area contributed by atoms with Crippen molar-refractivity contribution in [3.63, 3.8) is 0 Å². The van der Waals surface area contributed by atoms with Crippen molar-refractivity contribution in [2.45, 2.75) is 32.7 Å². The Morgan fingerprint density at radius 1 is 1.33 bits per heavy atom. The molecule has 24 heavy (non-hydrogen) atoms. The second-order valence-corrected chi connectivity index (χ2v) is 6.58. The molecule has 0 aliphatic carbocycles. The second kappa shape index (κ2) is 9.55. The molecule has 2 aliphatic heterocycles. The number of aliphatic imine (C=N–C) groups is 1. The molecular weight excluding hydrogens is 417 g/mol. The van der Waals surface area contributed by atoms with Gasteiger partial charge >= 0.3 is 0 Å². The number of likely N-dealkylation sites (tertiary alicyclic amines) is 2. The summed E-state index contributed by atoms with van der Waals surface area (Å²) in [7, 11) is 1.91. The Labute approximate surface area is 161 Å². The van der Waals surface area contributed by atoms with E-state index in [1.165, 1.54) is 38.9 Å². The molecule has 1 N–H and O–H groups in total. The molecule has 2 aliphatic rings. The first kappa shape index (κ1) is 19.4. The Kier molecular flexibility index (Phi) is 7.73. The highest BCUT2D eigenvalue weighted by molar-refractivity contribution is 14.0. The fourth-order valence-electron chi connectivity index (χ4n) is 3.54. The zero-order chi connectivity index (χ0) is 16.1. The van der Waals surface area contributed by atoms with E-state index in [0.717, 1.165) is 37.3 Å². The summed E-state index contributed by atoms with van der Waals surface area (Å²) in [5.41, 5.74) is 0. The molecule has 2 fully saturated rings. The topological polar surface area (TPSA) is 61.6 Å². The highest BCUT2D eigenvalue weighted by Gasteiger charge is 2.27. The molecule has 8 heteroatoms. The summed E-state index contributed by atoms with van der Waals surface area (Å²) in [6.45, 7) is 9.63. The standard InChI is InChI=1S/C16H29N7.HI/c1-3-17-16(18-10-15-19-13-20-21(15)2)23-9-6-14(12-23)11-22-7-4-5-8-22;/h13-14H,3-12H2,1-2H3,(H,17,18);1H. The van der Waals surface area contributed by atoms with E-state index in [2.05, 4.69) is 32.1 Å². The van der Waals surface area contributed by atoms with Crippen molar-refractivity contribution in [3.8, 4) is 0 Å². The maximum Gasteiger partial charge on any atom is 0.194 e. The van der Waals surface area contributed by atoms with Crippen LogP contribution in [0.3, 0.4) is 0 Å². The van der Waals surface area contributed by atoms with E-state index in [1.807, 2.05) is 7.05 Å². The molecular formula is C16H30IN7. The van der Waals surface area contributed by atoms with Crippen molar-refractivity contribution in [1.29, 1.82) is 0 Å². The van der Waals surface area contributed by atoms with E-state index < -0.39 is 0 Å². The summed E-state index contributed by atoms with van der Waals surface area (Å²) in [5.74, 6) is 2.68. The molecule has 3 rings (SSSR count). The number of aromatic nitrogens is 3. The zero-order valence-corrected chi connectivity index (χ0v) is 17.1. The van der Waals surface area contributed by atoms with Crippen molar-refractivity contribution in [2.24, 2.45) is 18.0 Å². The van der Waals surface area contributed by atoms with Gasteiger partial charge in [0.2, 0.25) is 0 Å². The lowest BCUT2D eigenvalue weighted by atomic mass is 10.1. The van der Waals surface area contributed by atoms with E-state index >= 15 is 0 Å². The Bertz CT molecular complexity index is 524. The lowest BCUT2D eigenvalue weighted by Crippen LogP contribution is -2.40. The minimum absolute atomic E-state index is 0. The predicted octanol–water partition coefficient (Wildman–Crippen LogP) is 1.32. The smallest absolute Gasteiger partial charge is 0.194 e. The fraction of sp³-hybridized carbons (Fsp3) is 0.812. The van der Waals surface area contributed by atoms with E-state index in [9.17, 15) is 0 Å². The van der Waals surface area contributed by atoms with Gasteiger partial charge in [0.05, 0.1) is 0 Å². The number of hydrogen-bond acceptors (Lipinski definition) is 4. The molecule has 0 bridgehead atoms. The van der Waals surface area contributed by atoms with E-state index in [0.29, 0.717) is 6.54 Å². The average Bonchev–Trinajstić information content (AvgIpc) is 3.27. The van der Waals surface area contributed by atoms with Crippen LogP contribution in [0, 0.1) is 5.92 Å². The van der Waals surface area contributed by atoms with E-state index in [1.54, 1.807) is 11.0 Å². The van der Waals surface area contributed by atoms with Gasteiger partial charge in [0.1, 0.15) is 18.7 Å². The van der Waals surface area contributed by atoms with Crippen LogP contribution >= 0.6 is 24.0 Å². The first-order valence-corrected chi connectivity index (χ1v) is 8.84. The lowest BCUT2D eigenvalue weighted by molar-refractivity contribution is 0.281. The van der Waals surface area contributed by atoms with Crippen molar-refractivity contribution < 1.29 is 0 Å². The first-order chi connectivity index (χ1) is 11.3. The van der Waals surface area contributed by atoms with Gasteiger partial charge in [0, 0.05) is 33.2 Å². The van der Waals surface area contributed by atoms with Gasteiger partial charge in [-0.25, -0.2) is 9.98 Å². The summed E-state index contributed by atoms with van der Waals surface area (Å²) >= 11 is 0. The monoisotopic (exact) mass is 447 g/mol. The van der Waals surface area contributed by atoms with Crippen molar-refractivity contribution in [3.05, 3.63) is 12.2 Å². The largest absolute Gasteiger partial charge is 0.357 e. The maximum absolute atomic E-state index is 4.76. The van der Waals surface area contributed by atoms with Crippen LogP contribution in [0.2, 0.25) is 0 Å². The summed E-state index contributed by atoms with van der Waals surface area (Å²) in [6, 6.07) is 0. The normalized spacial score (nSPS) is 22.0. The summed E-state index contributed by atoms with van der Waals surface area (Å²) in [6.07, 6.45) is 5.60. The summed E-state index contributed by atoms with van der Waals surface area (Å²) in [5, 5.41) is 7.53. The number of guanidine groups is 1. The van der Waals surface area contributed by atoms with Crippen LogP contribution in [-0.4, -0.2) is 69.8 Å². The van der Waals surface area contributed by atoms with Crippen molar-refractivity contribution >= 4 is 29.9 Å². The molecule has 3 heterocycles. The van der Waals surface area contributed by atoms with Gasteiger partial charge < -0.3 is 15.1 Å². The highest BCUT2D eigenvalue weighted by Crippen LogP contribution is 2.20. The van der Waals surface area contributed by atoms with Crippen LogP contribution in [0.1, 0.15) is 32.0 Å². The SMILES string of the molecule is CCNC(=NCc1ncnn1C)N1CCC(CN2CCCC2)C1.I.